The van der Waals surface area contributed by atoms with E-state index in [0.29, 0.717) is 11.5 Å². The van der Waals surface area contributed by atoms with Crippen molar-refractivity contribution in [2.75, 3.05) is 5.32 Å². The fourth-order valence-electron chi connectivity index (χ4n) is 3.73. The molecule has 0 unspecified atom stereocenters. The van der Waals surface area contributed by atoms with Gasteiger partial charge in [-0.3, -0.25) is 4.79 Å². The van der Waals surface area contributed by atoms with Crippen LogP contribution in [0.4, 0.5) is 5.69 Å². The lowest BCUT2D eigenvalue weighted by Gasteiger charge is -2.09. The van der Waals surface area contributed by atoms with Crippen molar-refractivity contribution in [3.05, 3.63) is 95.7 Å². The number of hydrogen-bond acceptors (Lipinski definition) is 4. The van der Waals surface area contributed by atoms with Crippen molar-refractivity contribution in [1.82, 2.24) is 19.8 Å². The minimum Gasteiger partial charge on any atom is -0.322 e. The van der Waals surface area contributed by atoms with E-state index in [1.165, 1.54) is 6.08 Å². The third-order valence-electron chi connectivity index (χ3n) is 5.43. The van der Waals surface area contributed by atoms with Gasteiger partial charge in [0.2, 0.25) is 5.91 Å². The third kappa shape index (κ3) is 3.63. The van der Waals surface area contributed by atoms with Crippen LogP contribution in [0, 0.1) is 13.8 Å². The lowest BCUT2D eigenvalue weighted by molar-refractivity contribution is -0.111. The predicted octanol–water partition coefficient (Wildman–Crippen LogP) is 5.21. The van der Waals surface area contributed by atoms with Crippen molar-refractivity contribution < 1.29 is 4.79 Å². The monoisotopic (exact) mass is 419 g/mol. The first kappa shape index (κ1) is 19.6. The quantitative estimate of drug-likeness (QED) is 0.406. The van der Waals surface area contributed by atoms with Gasteiger partial charge < -0.3 is 5.32 Å². The second kappa shape index (κ2) is 8.07. The summed E-state index contributed by atoms with van der Waals surface area (Å²) in [5, 5.41) is 18.5. The highest BCUT2D eigenvalue weighted by atomic mass is 16.1. The number of fused-ring (bicyclic) bond motifs is 3. The molecule has 2 heterocycles. The number of rotatable bonds is 4. The summed E-state index contributed by atoms with van der Waals surface area (Å²) in [4.78, 5) is 12.5. The summed E-state index contributed by atoms with van der Waals surface area (Å²) in [6.45, 7) is 3.93. The number of nitrogens with one attached hydrogen (secondary N) is 1. The molecule has 0 bridgehead atoms. The summed E-state index contributed by atoms with van der Waals surface area (Å²) in [5.41, 5.74) is 5.08. The van der Waals surface area contributed by atoms with Gasteiger partial charge in [0, 0.05) is 28.1 Å². The summed E-state index contributed by atoms with van der Waals surface area (Å²) >= 11 is 0. The normalized spacial score (nSPS) is 11.4. The molecule has 6 nitrogen and oxygen atoms in total. The molecular formula is C26H21N5O. The maximum atomic E-state index is 12.5. The van der Waals surface area contributed by atoms with Crippen LogP contribution in [0.5, 0.6) is 0 Å². The Hall–Kier alpha value is -4.32. The largest absolute Gasteiger partial charge is 0.322 e. The Morgan fingerprint density at radius 1 is 0.906 bits per heavy atom. The first-order valence-electron chi connectivity index (χ1n) is 10.4. The number of carbonyl (C=O) groups is 1. The van der Waals surface area contributed by atoms with E-state index in [4.69, 9.17) is 5.10 Å². The van der Waals surface area contributed by atoms with E-state index in [1.807, 2.05) is 86.6 Å². The molecule has 5 rings (SSSR count). The number of aryl methyl sites for hydroxylation is 2. The minimum atomic E-state index is -0.194. The van der Waals surface area contributed by atoms with Crippen LogP contribution in [0.2, 0.25) is 0 Å². The van der Waals surface area contributed by atoms with Gasteiger partial charge in [-0.2, -0.15) is 9.61 Å². The summed E-state index contributed by atoms with van der Waals surface area (Å²) < 4.78 is 1.77. The van der Waals surface area contributed by atoms with Crippen LogP contribution in [0.15, 0.2) is 78.9 Å². The molecule has 0 aliphatic heterocycles. The molecule has 1 N–H and O–H groups in total. The zero-order valence-corrected chi connectivity index (χ0v) is 17.8. The SMILES string of the molecule is Cc1ccc(-c2nnc3c4ccccc4c(C)nn23)cc1NC(=O)/C=C/c1ccccc1. The number of carbonyl (C=O) groups excluding carboxylic acids is 1. The van der Waals surface area contributed by atoms with Crippen molar-refractivity contribution in [1.29, 1.82) is 0 Å². The van der Waals surface area contributed by atoms with Crippen molar-refractivity contribution in [2.45, 2.75) is 13.8 Å². The van der Waals surface area contributed by atoms with E-state index in [9.17, 15) is 4.79 Å². The van der Waals surface area contributed by atoms with E-state index < -0.39 is 0 Å². The van der Waals surface area contributed by atoms with E-state index in [-0.39, 0.29) is 5.91 Å². The van der Waals surface area contributed by atoms with Gasteiger partial charge in [-0.05, 0) is 37.1 Å². The number of hydrogen-bond donors (Lipinski definition) is 1. The summed E-state index contributed by atoms with van der Waals surface area (Å²) in [6.07, 6.45) is 3.32. The Labute approximate surface area is 185 Å². The fraction of sp³-hybridized carbons (Fsp3) is 0.0769. The van der Waals surface area contributed by atoms with Crippen molar-refractivity contribution in [3.63, 3.8) is 0 Å². The Balaban J connectivity index is 1.49. The first-order valence-corrected chi connectivity index (χ1v) is 10.4. The molecule has 156 valence electrons. The lowest BCUT2D eigenvalue weighted by Crippen LogP contribution is -2.09. The Kier molecular flexibility index (Phi) is 4.95. The third-order valence-corrected chi connectivity index (χ3v) is 5.43. The van der Waals surface area contributed by atoms with Gasteiger partial charge in [0.05, 0.1) is 5.69 Å². The second-order valence-electron chi connectivity index (χ2n) is 7.65. The molecule has 0 saturated heterocycles. The predicted molar refractivity (Wildman–Crippen MR) is 127 cm³/mol. The maximum absolute atomic E-state index is 12.5. The Bertz CT molecular complexity index is 1480. The lowest BCUT2D eigenvalue weighted by atomic mass is 10.1. The molecule has 2 aromatic heterocycles. The molecule has 3 aromatic carbocycles. The molecular weight excluding hydrogens is 398 g/mol. The fourth-order valence-corrected chi connectivity index (χ4v) is 3.73. The molecule has 6 heteroatoms. The van der Waals surface area contributed by atoms with Gasteiger partial charge >= 0.3 is 0 Å². The number of nitrogens with zero attached hydrogens (tertiary/aromatic N) is 4. The average Bonchev–Trinajstić information content (AvgIpc) is 3.24. The van der Waals surface area contributed by atoms with Gasteiger partial charge in [-0.15, -0.1) is 10.2 Å². The van der Waals surface area contributed by atoms with Gasteiger partial charge in [0.25, 0.3) is 0 Å². The molecule has 0 atom stereocenters. The van der Waals surface area contributed by atoms with Gasteiger partial charge in [0.1, 0.15) is 0 Å². The minimum absolute atomic E-state index is 0.194. The zero-order chi connectivity index (χ0) is 22.1. The van der Waals surface area contributed by atoms with Crippen LogP contribution in [-0.4, -0.2) is 25.7 Å². The van der Waals surface area contributed by atoms with Gasteiger partial charge in [0.15, 0.2) is 11.5 Å². The van der Waals surface area contributed by atoms with Crippen LogP contribution in [-0.2, 0) is 4.79 Å². The second-order valence-corrected chi connectivity index (χ2v) is 7.65. The first-order chi connectivity index (χ1) is 15.6. The van der Waals surface area contributed by atoms with Crippen LogP contribution in [0.1, 0.15) is 16.8 Å². The van der Waals surface area contributed by atoms with E-state index in [1.54, 1.807) is 10.6 Å². The molecule has 0 fully saturated rings. The number of anilines is 1. The molecule has 0 saturated carbocycles. The van der Waals surface area contributed by atoms with Crippen LogP contribution in [0.3, 0.4) is 0 Å². The van der Waals surface area contributed by atoms with E-state index >= 15 is 0 Å². The highest BCUT2D eigenvalue weighted by molar-refractivity contribution is 6.02. The topological polar surface area (TPSA) is 72.2 Å². The van der Waals surface area contributed by atoms with Crippen LogP contribution >= 0.6 is 0 Å². The number of aromatic nitrogens is 4. The Morgan fingerprint density at radius 3 is 2.47 bits per heavy atom. The smallest absolute Gasteiger partial charge is 0.248 e. The molecule has 32 heavy (non-hydrogen) atoms. The van der Waals surface area contributed by atoms with Crippen LogP contribution < -0.4 is 5.32 Å². The molecule has 5 aromatic rings. The van der Waals surface area contributed by atoms with Crippen molar-refractivity contribution in [3.8, 4) is 11.4 Å². The van der Waals surface area contributed by atoms with Crippen molar-refractivity contribution in [2.24, 2.45) is 0 Å². The molecule has 0 spiro atoms. The summed E-state index contributed by atoms with van der Waals surface area (Å²) in [7, 11) is 0. The zero-order valence-electron chi connectivity index (χ0n) is 17.8. The number of benzene rings is 3. The molecule has 1 amide bonds. The summed E-state index contributed by atoms with van der Waals surface area (Å²) in [6, 6.07) is 23.6. The average molecular weight is 419 g/mol. The highest BCUT2D eigenvalue weighted by Gasteiger charge is 2.15. The van der Waals surface area contributed by atoms with E-state index in [0.717, 1.165) is 38.8 Å². The van der Waals surface area contributed by atoms with Crippen LogP contribution in [0.25, 0.3) is 33.9 Å². The molecule has 0 aliphatic carbocycles. The van der Waals surface area contributed by atoms with Gasteiger partial charge in [-0.25, -0.2) is 0 Å². The van der Waals surface area contributed by atoms with Crippen molar-refractivity contribution >= 4 is 34.1 Å². The maximum Gasteiger partial charge on any atom is 0.248 e. The Morgan fingerprint density at radius 2 is 1.66 bits per heavy atom. The molecule has 0 radical (unpaired) electrons. The highest BCUT2D eigenvalue weighted by Crippen LogP contribution is 2.27. The summed E-state index contributed by atoms with van der Waals surface area (Å²) in [5.74, 6) is 0.435. The number of amides is 1. The van der Waals surface area contributed by atoms with E-state index in [2.05, 4.69) is 15.5 Å². The standard InChI is InChI=1S/C26H21N5O/c1-17-12-14-20(16-23(17)27-24(32)15-13-19-8-4-3-5-9-19)25-28-29-26-22-11-7-6-10-21(22)18(2)30-31(25)26/h3-16H,1-2H3,(H,27,32)/b15-13+. The molecule has 0 aliphatic rings. The van der Waals surface area contributed by atoms with Gasteiger partial charge in [-0.1, -0.05) is 66.7 Å².